The second kappa shape index (κ2) is 4.91. The number of aryl methyl sites for hydroxylation is 1. The van der Waals surface area contributed by atoms with Gasteiger partial charge in [-0.15, -0.1) is 11.3 Å². The molecule has 1 heterocycles. The first-order valence-corrected chi connectivity index (χ1v) is 5.10. The second-order valence-corrected chi connectivity index (χ2v) is 4.38. The van der Waals surface area contributed by atoms with Crippen molar-refractivity contribution in [3.05, 3.63) is 21.9 Å². The number of carbonyl (C=O) groups excluding carboxylic acids is 2. The van der Waals surface area contributed by atoms with E-state index in [9.17, 15) is 9.59 Å². The largest absolute Gasteiger partial charge is 0.458 e. The van der Waals surface area contributed by atoms with Gasteiger partial charge in [0, 0.05) is 23.1 Å². The van der Waals surface area contributed by atoms with Gasteiger partial charge < -0.3 is 4.74 Å². The Morgan fingerprint density at radius 2 is 2.14 bits per heavy atom. The molecule has 0 bridgehead atoms. The molecule has 76 valence electrons. The van der Waals surface area contributed by atoms with Gasteiger partial charge in [0.1, 0.15) is 6.61 Å². The molecule has 0 radical (unpaired) electrons. The normalized spacial score (nSPS) is 9.86. The number of Topliss-reactive ketones (excluding diaryl/α,β-unsaturated/α-hetero) is 1. The van der Waals surface area contributed by atoms with Crippen molar-refractivity contribution >= 4 is 23.1 Å². The summed E-state index contributed by atoms with van der Waals surface area (Å²) in [5, 5.41) is 0. The van der Waals surface area contributed by atoms with Gasteiger partial charge in [-0.3, -0.25) is 9.59 Å². The van der Waals surface area contributed by atoms with Crippen molar-refractivity contribution in [1.29, 1.82) is 0 Å². The van der Waals surface area contributed by atoms with Crippen LogP contribution in [0, 0.1) is 6.92 Å². The molecule has 4 heteroatoms. The lowest BCUT2D eigenvalue weighted by molar-refractivity contribution is -0.145. The summed E-state index contributed by atoms with van der Waals surface area (Å²) in [5.41, 5.74) is 0. The van der Waals surface area contributed by atoms with E-state index in [1.165, 1.54) is 11.8 Å². The lowest BCUT2D eigenvalue weighted by atomic mass is 10.2. The zero-order valence-corrected chi connectivity index (χ0v) is 9.02. The minimum atomic E-state index is -0.416. The van der Waals surface area contributed by atoms with Crippen LogP contribution in [0.4, 0.5) is 0 Å². The van der Waals surface area contributed by atoms with Crippen LogP contribution in [0.2, 0.25) is 0 Å². The molecule has 0 aliphatic carbocycles. The third-order valence-electron chi connectivity index (χ3n) is 1.60. The molecule has 0 saturated heterocycles. The topological polar surface area (TPSA) is 43.4 Å². The number of hydrogen-bond donors (Lipinski definition) is 0. The standard InChI is InChI=1S/C10H12O3S/c1-7-3-4-10(14-7)5-9(12)6-13-8(2)11/h3-4H,5-6H2,1-2H3. The Balaban J connectivity index is 2.37. The zero-order chi connectivity index (χ0) is 10.6. The Labute approximate surface area is 86.7 Å². The lowest BCUT2D eigenvalue weighted by Crippen LogP contribution is -2.13. The molecule has 1 rings (SSSR count). The molecule has 0 spiro atoms. The first kappa shape index (κ1) is 10.9. The monoisotopic (exact) mass is 212 g/mol. The average molecular weight is 212 g/mol. The van der Waals surface area contributed by atoms with Crippen LogP contribution in [0.15, 0.2) is 12.1 Å². The molecule has 0 aliphatic heterocycles. The van der Waals surface area contributed by atoms with E-state index in [1.54, 1.807) is 11.3 Å². The van der Waals surface area contributed by atoms with Crippen molar-refractivity contribution in [2.45, 2.75) is 20.3 Å². The van der Waals surface area contributed by atoms with Crippen molar-refractivity contribution in [2.75, 3.05) is 6.61 Å². The fourth-order valence-electron chi connectivity index (χ4n) is 1.01. The Morgan fingerprint density at radius 1 is 1.43 bits per heavy atom. The van der Waals surface area contributed by atoms with Crippen LogP contribution >= 0.6 is 11.3 Å². The van der Waals surface area contributed by atoms with Gasteiger partial charge in [0.25, 0.3) is 0 Å². The molecular weight excluding hydrogens is 200 g/mol. The predicted octanol–water partition coefficient (Wildman–Crippen LogP) is 1.73. The van der Waals surface area contributed by atoms with E-state index in [4.69, 9.17) is 0 Å². The molecule has 0 amide bonds. The Bertz CT molecular complexity index is 341. The Morgan fingerprint density at radius 3 is 2.64 bits per heavy atom. The first-order chi connectivity index (χ1) is 6.58. The predicted molar refractivity (Wildman–Crippen MR) is 54.4 cm³/mol. The molecule has 1 aromatic rings. The van der Waals surface area contributed by atoms with Gasteiger partial charge in [-0.1, -0.05) is 0 Å². The number of rotatable bonds is 4. The first-order valence-electron chi connectivity index (χ1n) is 4.28. The minimum absolute atomic E-state index is 0.0675. The van der Waals surface area contributed by atoms with Gasteiger partial charge in [0.2, 0.25) is 0 Å². The summed E-state index contributed by atoms with van der Waals surface area (Å²) >= 11 is 1.59. The number of carbonyl (C=O) groups is 2. The lowest BCUT2D eigenvalue weighted by Gasteiger charge is -1.99. The Kier molecular flexibility index (Phi) is 3.83. The number of thiophene rings is 1. The van der Waals surface area contributed by atoms with E-state index < -0.39 is 5.97 Å². The molecule has 3 nitrogen and oxygen atoms in total. The fraction of sp³-hybridized carbons (Fsp3) is 0.400. The number of hydrogen-bond acceptors (Lipinski definition) is 4. The van der Waals surface area contributed by atoms with E-state index in [0.29, 0.717) is 6.42 Å². The van der Waals surface area contributed by atoms with Gasteiger partial charge in [-0.2, -0.15) is 0 Å². The number of esters is 1. The number of ketones is 1. The van der Waals surface area contributed by atoms with E-state index in [-0.39, 0.29) is 12.4 Å². The molecule has 14 heavy (non-hydrogen) atoms. The van der Waals surface area contributed by atoms with E-state index in [2.05, 4.69) is 4.74 Å². The quantitative estimate of drug-likeness (QED) is 0.714. The molecule has 0 aromatic carbocycles. The minimum Gasteiger partial charge on any atom is -0.458 e. The molecular formula is C10H12O3S. The van der Waals surface area contributed by atoms with E-state index >= 15 is 0 Å². The van der Waals surface area contributed by atoms with Crippen LogP contribution in [0.5, 0.6) is 0 Å². The molecule has 0 fully saturated rings. The van der Waals surface area contributed by atoms with Gasteiger partial charge in [-0.05, 0) is 19.1 Å². The fourth-order valence-corrected chi connectivity index (χ4v) is 1.93. The van der Waals surface area contributed by atoms with Crippen LogP contribution in [-0.4, -0.2) is 18.4 Å². The van der Waals surface area contributed by atoms with E-state index in [0.717, 1.165) is 4.88 Å². The molecule has 0 N–H and O–H groups in total. The van der Waals surface area contributed by atoms with Crippen molar-refractivity contribution < 1.29 is 14.3 Å². The summed E-state index contributed by atoms with van der Waals surface area (Å²) in [7, 11) is 0. The van der Waals surface area contributed by atoms with Crippen LogP contribution < -0.4 is 0 Å². The van der Waals surface area contributed by atoms with Crippen LogP contribution in [-0.2, 0) is 20.7 Å². The average Bonchev–Trinajstić information content (AvgIpc) is 2.48. The summed E-state index contributed by atoms with van der Waals surface area (Å²) in [6.07, 6.45) is 0.353. The third kappa shape index (κ3) is 3.70. The molecule has 0 unspecified atom stereocenters. The van der Waals surface area contributed by atoms with Crippen molar-refractivity contribution in [3.63, 3.8) is 0 Å². The third-order valence-corrected chi connectivity index (χ3v) is 2.60. The van der Waals surface area contributed by atoms with Crippen molar-refractivity contribution in [2.24, 2.45) is 0 Å². The molecule has 1 aromatic heterocycles. The summed E-state index contributed by atoms with van der Waals surface area (Å²) in [4.78, 5) is 23.9. The van der Waals surface area contributed by atoms with Crippen LogP contribution in [0.1, 0.15) is 16.7 Å². The second-order valence-electron chi connectivity index (χ2n) is 3.01. The molecule has 0 atom stereocenters. The van der Waals surface area contributed by atoms with Gasteiger partial charge in [0.15, 0.2) is 5.78 Å². The highest BCUT2D eigenvalue weighted by molar-refractivity contribution is 7.12. The SMILES string of the molecule is CC(=O)OCC(=O)Cc1ccc(C)s1. The van der Waals surface area contributed by atoms with Gasteiger partial charge in [-0.25, -0.2) is 0 Å². The van der Waals surface area contributed by atoms with E-state index in [1.807, 2.05) is 19.1 Å². The smallest absolute Gasteiger partial charge is 0.303 e. The van der Waals surface area contributed by atoms with Gasteiger partial charge >= 0.3 is 5.97 Å². The highest BCUT2D eigenvalue weighted by atomic mass is 32.1. The van der Waals surface area contributed by atoms with Crippen molar-refractivity contribution in [3.8, 4) is 0 Å². The molecule has 0 aliphatic rings. The summed E-state index contributed by atoms with van der Waals surface area (Å²) in [6, 6.07) is 3.89. The Hall–Kier alpha value is -1.16. The maximum atomic E-state index is 11.3. The number of ether oxygens (including phenoxy) is 1. The van der Waals surface area contributed by atoms with Gasteiger partial charge in [0.05, 0.1) is 0 Å². The molecule has 0 saturated carbocycles. The maximum absolute atomic E-state index is 11.3. The summed E-state index contributed by atoms with van der Waals surface area (Å²) < 4.78 is 4.60. The summed E-state index contributed by atoms with van der Waals surface area (Å²) in [6.45, 7) is 3.17. The maximum Gasteiger partial charge on any atom is 0.303 e. The zero-order valence-electron chi connectivity index (χ0n) is 8.20. The van der Waals surface area contributed by atoms with Crippen LogP contribution in [0.25, 0.3) is 0 Å². The van der Waals surface area contributed by atoms with Crippen LogP contribution in [0.3, 0.4) is 0 Å². The highest BCUT2D eigenvalue weighted by Crippen LogP contribution is 2.15. The van der Waals surface area contributed by atoms with Crippen molar-refractivity contribution in [1.82, 2.24) is 0 Å². The highest BCUT2D eigenvalue weighted by Gasteiger charge is 2.06. The summed E-state index contributed by atoms with van der Waals surface area (Å²) in [5.74, 6) is -0.484.